The third-order valence-electron chi connectivity index (χ3n) is 9.33. The molecule has 1 aliphatic heterocycles. The molecule has 0 aromatic heterocycles. The number of thioether (sulfide) groups is 1. The van der Waals surface area contributed by atoms with E-state index in [9.17, 15) is 4.79 Å². The Morgan fingerprint density at radius 2 is 1.53 bits per heavy atom. The molecule has 1 saturated heterocycles. The van der Waals surface area contributed by atoms with Crippen molar-refractivity contribution in [2.45, 2.75) is 69.9 Å². The quantitative estimate of drug-likeness (QED) is 0.0736. The molecule has 4 aromatic rings. The van der Waals surface area contributed by atoms with E-state index < -0.39 is 20.5 Å². The number of halogens is 2. The Morgan fingerprint density at radius 3 is 2.08 bits per heavy atom. The van der Waals surface area contributed by atoms with E-state index >= 15 is 0 Å². The van der Waals surface area contributed by atoms with Crippen LogP contribution in [0.5, 0.6) is 0 Å². The maximum absolute atomic E-state index is 14.3. The first-order valence-corrected chi connectivity index (χ1v) is 20.8. The van der Waals surface area contributed by atoms with Gasteiger partial charge in [0, 0.05) is 40.6 Å². The summed E-state index contributed by atoms with van der Waals surface area (Å²) < 4.78 is 13.8. The first kappa shape index (κ1) is 37.4. The van der Waals surface area contributed by atoms with Crippen molar-refractivity contribution >= 4 is 59.6 Å². The Morgan fingerprint density at radius 1 is 0.898 bits per heavy atom. The highest BCUT2D eigenvalue weighted by Gasteiger charge is 2.50. The molecule has 0 N–H and O–H groups in total. The summed E-state index contributed by atoms with van der Waals surface area (Å²) in [5, 5.41) is 3.73. The minimum Gasteiger partial charge on any atom is -0.407 e. The standard InChI is InChI=1S/C41H47Cl2NO3SSi/c1-6-15-37-40(45)44(38(30-22-24-32(42)25-23-30)39(47-37)31-16-14-17-33(43)28-31)34(7-2)29-48-27-26-46-49(41(3,4)5,35-18-10-8-11-19-35)36-20-12-9-13-21-36/h6,8-14,16-25,28,34,37-39H,1,7,15,26-27,29H2,2-5H3/t34-,37-,38?,39+/m0/s1. The minimum absolute atomic E-state index is 0.0193. The highest BCUT2D eigenvalue weighted by atomic mass is 35.5. The molecule has 0 bridgehead atoms. The second-order valence-corrected chi connectivity index (χ2v) is 19.8. The van der Waals surface area contributed by atoms with Gasteiger partial charge >= 0.3 is 0 Å². The lowest BCUT2D eigenvalue weighted by atomic mass is 9.89. The van der Waals surface area contributed by atoms with Gasteiger partial charge in [-0.15, -0.1) is 6.58 Å². The number of nitrogens with zero attached hydrogens (tertiary/aromatic N) is 1. The highest BCUT2D eigenvalue weighted by Crippen LogP contribution is 2.45. The number of hydrogen-bond acceptors (Lipinski definition) is 4. The monoisotopic (exact) mass is 731 g/mol. The molecule has 0 aliphatic carbocycles. The van der Waals surface area contributed by atoms with Gasteiger partial charge in [0.05, 0.1) is 6.04 Å². The van der Waals surface area contributed by atoms with Crippen LogP contribution in [0, 0.1) is 0 Å². The van der Waals surface area contributed by atoms with Crippen molar-refractivity contribution in [3.8, 4) is 0 Å². The average Bonchev–Trinajstić information content (AvgIpc) is 3.10. The molecule has 4 atom stereocenters. The first-order chi connectivity index (χ1) is 23.6. The molecule has 1 amide bonds. The van der Waals surface area contributed by atoms with Gasteiger partial charge in [0.1, 0.15) is 12.2 Å². The van der Waals surface area contributed by atoms with Gasteiger partial charge in [0.15, 0.2) is 0 Å². The fourth-order valence-electron chi connectivity index (χ4n) is 7.04. The van der Waals surface area contributed by atoms with Crippen LogP contribution in [-0.4, -0.2) is 49.4 Å². The van der Waals surface area contributed by atoms with Crippen LogP contribution in [0.2, 0.25) is 15.1 Å². The van der Waals surface area contributed by atoms with Crippen LogP contribution in [0.15, 0.2) is 122 Å². The van der Waals surface area contributed by atoms with Gasteiger partial charge in [-0.3, -0.25) is 4.79 Å². The van der Waals surface area contributed by atoms with Crippen molar-refractivity contribution in [1.82, 2.24) is 4.90 Å². The summed E-state index contributed by atoms with van der Waals surface area (Å²) in [6.07, 6.45) is 1.93. The molecule has 1 aliphatic rings. The summed E-state index contributed by atoms with van der Waals surface area (Å²) in [7, 11) is -2.63. The van der Waals surface area contributed by atoms with Crippen LogP contribution in [0.3, 0.4) is 0 Å². The topological polar surface area (TPSA) is 38.8 Å². The lowest BCUT2D eigenvalue weighted by Crippen LogP contribution is -2.66. The lowest BCUT2D eigenvalue weighted by Gasteiger charge is -2.48. The van der Waals surface area contributed by atoms with E-state index in [2.05, 4.69) is 99.8 Å². The Hall–Kier alpha value is -2.84. The van der Waals surface area contributed by atoms with Crippen LogP contribution < -0.4 is 10.4 Å². The molecular weight excluding hydrogens is 686 g/mol. The van der Waals surface area contributed by atoms with E-state index in [-0.39, 0.29) is 23.0 Å². The molecule has 0 radical (unpaired) electrons. The number of rotatable bonds is 14. The Balaban J connectivity index is 1.41. The summed E-state index contributed by atoms with van der Waals surface area (Å²) in [4.78, 5) is 16.4. The maximum Gasteiger partial charge on any atom is 0.261 e. The zero-order valence-corrected chi connectivity index (χ0v) is 32.2. The van der Waals surface area contributed by atoms with Crippen molar-refractivity contribution in [2.24, 2.45) is 0 Å². The fraction of sp³-hybridized carbons (Fsp3) is 0.341. The van der Waals surface area contributed by atoms with Crippen molar-refractivity contribution in [3.05, 3.63) is 143 Å². The van der Waals surface area contributed by atoms with Crippen molar-refractivity contribution < 1.29 is 14.0 Å². The maximum atomic E-state index is 14.3. The zero-order chi connectivity index (χ0) is 35.0. The third-order valence-corrected chi connectivity index (χ3v) is 15.9. The predicted molar refractivity (Wildman–Crippen MR) is 210 cm³/mol. The molecule has 258 valence electrons. The van der Waals surface area contributed by atoms with E-state index in [1.807, 2.05) is 60.3 Å². The molecule has 0 spiro atoms. The van der Waals surface area contributed by atoms with Gasteiger partial charge in [-0.2, -0.15) is 11.8 Å². The predicted octanol–water partition coefficient (Wildman–Crippen LogP) is 9.67. The lowest BCUT2D eigenvalue weighted by molar-refractivity contribution is -0.178. The van der Waals surface area contributed by atoms with Crippen LogP contribution in [0.25, 0.3) is 0 Å². The van der Waals surface area contributed by atoms with E-state index in [4.69, 9.17) is 32.4 Å². The summed E-state index contributed by atoms with van der Waals surface area (Å²) in [5.74, 6) is 1.55. The number of benzene rings is 4. The number of carbonyl (C=O) groups excluding carboxylic acids is 1. The molecule has 0 saturated carbocycles. The van der Waals surface area contributed by atoms with Crippen molar-refractivity contribution in [3.63, 3.8) is 0 Å². The average molecular weight is 733 g/mol. The van der Waals surface area contributed by atoms with Crippen LogP contribution >= 0.6 is 35.0 Å². The van der Waals surface area contributed by atoms with Gasteiger partial charge in [-0.25, -0.2) is 0 Å². The van der Waals surface area contributed by atoms with E-state index in [0.29, 0.717) is 23.1 Å². The number of morpholine rings is 1. The molecule has 1 unspecified atom stereocenters. The minimum atomic E-state index is -2.63. The number of carbonyl (C=O) groups is 1. The molecule has 8 heteroatoms. The Kier molecular flexibility index (Phi) is 12.9. The molecular formula is C41H47Cl2NO3SSi. The summed E-state index contributed by atoms with van der Waals surface area (Å²) in [6, 6.07) is 36.6. The molecule has 1 heterocycles. The van der Waals surface area contributed by atoms with Gasteiger partial charge in [0.25, 0.3) is 14.2 Å². The summed E-state index contributed by atoms with van der Waals surface area (Å²) in [5.41, 5.74) is 1.90. The number of hydrogen-bond donors (Lipinski definition) is 0. The smallest absolute Gasteiger partial charge is 0.261 e. The zero-order valence-electron chi connectivity index (χ0n) is 28.9. The second kappa shape index (κ2) is 16.9. The Bertz CT molecular complexity index is 1630. The SMILES string of the molecule is C=CC[C@@H]1O[C@H](c2cccc(Cl)c2)C(c2ccc(Cl)cc2)N([C@@H](CC)CSCCO[Si](c2ccccc2)(c2ccccc2)C(C)(C)C)C1=O. The van der Waals surface area contributed by atoms with Gasteiger partial charge < -0.3 is 14.1 Å². The molecule has 49 heavy (non-hydrogen) atoms. The molecule has 5 rings (SSSR count). The van der Waals surface area contributed by atoms with Crippen LogP contribution in [-0.2, 0) is 14.0 Å². The van der Waals surface area contributed by atoms with Gasteiger partial charge in [-0.1, -0.05) is 142 Å². The van der Waals surface area contributed by atoms with Gasteiger partial charge in [-0.05, 0) is 57.2 Å². The normalized spacial score (nSPS) is 19.1. The summed E-state index contributed by atoms with van der Waals surface area (Å²) >= 11 is 14.7. The van der Waals surface area contributed by atoms with Crippen molar-refractivity contribution in [1.29, 1.82) is 0 Å². The summed E-state index contributed by atoms with van der Waals surface area (Å²) in [6.45, 7) is 13.6. The fourth-order valence-corrected chi connectivity index (χ4v) is 13.1. The first-order valence-electron chi connectivity index (χ1n) is 17.0. The second-order valence-electron chi connectivity index (χ2n) is 13.5. The van der Waals surface area contributed by atoms with Crippen molar-refractivity contribution in [2.75, 3.05) is 18.1 Å². The van der Waals surface area contributed by atoms with Gasteiger partial charge in [0.2, 0.25) is 0 Å². The third kappa shape index (κ3) is 8.38. The van der Waals surface area contributed by atoms with E-state index in [0.717, 1.165) is 29.1 Å². The van der Waals surface area contributed by atoms with E-state index in [1.54, 1.807) is 6.08 Å². The molecule has 1 fully saturated rings. The Labute approximate surface area is 307 Å². The number of amides is 1. The van der Waals surface area contributed by atoms with E-state index in [1.165, 1.54) is 10.4 Å². The highest BCUT2D eigenvalue weighted by molar-refractivity contribution is 7.99. The number of ether oxygens (including phenoxy) is 1. The molecule has 4 nitrogen and oxygen atoms in total. The largest absolute Gasteiger partial charge is 0.407 e. The van der Waals surface area contributed by atoms with Crippen LogP contribution in [0.1, 0.15) is 63.8 Å². The molecule has 4 aromatic carbocycles. The van der Waals surface area contributed by atoms with Crippen LogP contribution in [0.4, 0.5) is 0 Å².